The van der Waals surface area contributed by atoms with Crippen LogP contribution >= 0.6 is 11.3 Å². The number of thiazole rings is 1. The Bertz CT molecular complexity index is 642. The molecular formula is C15H22N2O7S. The predicted octanol–water partition coefficient (Wildman–Crippen LogP) is 3.01. The van der Waals surface area contributed by atoms with Gasteiger partial charge in [0.05, 0.1) is 12.3 Å². The summed E-state index contributed by atoms with van der Waals surface area (Å²) >= 11 is 0.563. The average molecular weight is 374 g/mol. The number of aliphatic hydroxyl groups is 1. The van der Waals surface area contributed by atoms with Gasteiger partial charge in [0.2, 0.25) is 5.13 Å². The van der Waals surface area contributed by atoms with E-state index in [1.54, 1.807) is 41.5 Å². The number of nitrogens with zero attached hydrogens (tertiary/aromatic N) is 2. The average Bonchev–Trinajstić information content (AvgIpc) is 2.78. The molecule has 0 atom stereocenters. The summed E-state index contributed by atoms with van der Waals surface area (Å²) in [4.78, 5) is 40.2. The van der Waals surface area contributed by atoms with Gasteiger partial charge in [-0.15, -0.1) is 0 Å². The zero-order chi connectivity index (χ0) is 19.6. The third-order valence-electron chi connectivity index (χ3n) is 2.37. The molecule has 0 aliphatic carbocycles. The highest BCUT2D eigenvalue weighted by molar-refractivity contribution is 7.17. The van der Waals surface area contributed by atoms with Crippen LogP contribution in [0.3, 0.4) is 0 Å². The van der Waals surface area contributed by atoms with Crippen LogP contribution in [-0.2, 0) is 16.1 Å². The number of carboxylic acids is 1. The largest absolute Gasteiger partial charge is 0.477 e. The van der Waals surface area contributed by atoms with Crippen molar-refractivity contribution >= 4 is 34.6 Å². The molecule has 1 aromatic rings. The fourth-order valence-corrected chi connectivity index (χ4v) is 2.45. The maximum atomic E-state index is 12.4. The Morgan fingerprint density at radius 2 is 1.48 bits per heavy atom. The number of aromatic carboxylic acids is 1. The van der Waals surface area contributed by atoms with E-state index >= 15 is 0 Å². The van der Waals surface area contributed by atoms with Gasteiger partial charge in [0.1, 0.15) is 16.1 Å². The molecule has 1 heterocycles. The first kappa shape index (κ1) is 20.8. The van der Waals surface area contributed by atoms with Crippen LogP contribution in [0.15, 0.2) is 0 Å². The minimum Gasteiger partial charge on any atom is -0.477 e. The summed E-state index contributed by atoms with van der Waals surface area (Å²) in [6.07, 6.45) is -2.12. The van der Waals surface area contributed by atoms with E-state index in [0.29, 0.717) is 16.2 Å². The Hall–Kier alpha value is -2.20. The number of imide groups is 1. The number of ether oxygens (including phenoxy) is 2. The summed E-state index contributed by atoms with van der Waals surface area (Å²) in [5.74, 6) is -1.33. The number of hydrogen-bond acceptors (Lipinski definition) is 8. The fourth-order valence-electron chi connectivity index (χ4n) is 1.56. The number of carbonyl (C=O) groups excluding carboxylic acids is 2. The van der Waals surface area contributed by atoms with E-state index in [0.717, 1.165) is 0 Å². The number of carbonyl (C=O) groups is 3. The van der Waals surface area contributed by atoms with Gasteiger partial charge in [-0.2, -0.15) is 4.90 Å². The van der Waals surface area contributed by atoms with E-state index in [-0.39, 0.29) is 15.7 Å². The lowest BCUT2D eigenvalue weighted by atomic mass is 10.2. The van der Waals surface area contributed by atoms with Crippen LogP contribution in [0.5, 0.6) is 0 Å². The second-order valence-corrected chi connectivity index (χ2v) is 8.01. The molecule has 25 heavy (non-hydrogen) atoms. The summed E-state index contributed by atoms with van der Waals surface area (Å²) in [5, 5.41) is 18.1. The molecule has 0 fully saturated rings. The highest BCUT2D eigenvalue weighted by Crippen LogP contribution is 2.29. The van der Waals surface area contributed by atoms with Crippen LogP contribution < -0.4 is 4.90 Å². The highest BCUT2D eigenvalue weighted by atomic mass is 32.1. The monoisotopic (exact) mass is 374 g/mol. The number of aromatic nitrogens is 1. The fraction of sp³-hybridized carbons (Fsp3) is 0.600. The van der Waals surface area contributed by atoms with Gasteiger partial charge in [0, 0.05) is 0 Å². The molecule has 0 radical (unpaired) electrons. The van der Waals surface area contributed by atoms with E-state index in [1.807, 2.05) is 0 Å². The third kappa shape index (κ3) is 5.98. The number of aliphatic hydroxyl groups excluding tert-OH is 1. The van der Waals surface area contributed by atoms with E-state index in [9.17, 15) is 19.5 Å². The lowest BCUT2D eigenvalue weighted by Crippen LogP contribution is -2.43. The molecule has 140 valence electrons. The molecule has 9 nitrogen and oxygen atoms in total. The predicted molar refractivity (Wildman–Crippen MR) is 89.9 cm³/mol. The van der Waals surface area contributed by atoms with Crippen molar-refractivity contribution in [3.8, 4) is 0 Å². The molecular weight excluding hydrogens is 352 g/mol. The van der Waals surface area contributed by atoms with Gasteiger partial charge in [0.15, 0.2) is 0 Å². The lowest BCUT2D eigenvalue weighted by Gasteiger charge is -2.27. The Morgan fingerprint density at radius 1 is 1.04 bits per heavy atom. The van der Waals surface area contributed by atoms with Gasteiger partial charge < -0.3 is 19.7 Å². The SMILES string of the molecule is CC(C)(C)OC(=O)N(C(=O)OC(C)(C)C)c1nc(CO)c(C(=O)O)s1. The zero-order valence-electron chi connectivity index (χ0n) is 14.9. The molecule has 1 rings (SSSR count). The number of anilines is 1. The van der Waals surface area contributed by atoms with E-state index in [2.05, 4.69) is 4.98 Å². The Labute approximate surface area is 149 Å². The summed E-state index contributed by atoms with van der Waals surface area (Å²) in [6.45, 7) is 9.02. The third-order valence-corrected chi connectivity index (χ3v) is 3.44. The van der Waals surface area contributed by atoms with Crippen molar-refractivity contribution in [3.05, 3.63) is 10.6 Å². The number of carboxylic acid groups (broad SMARTS) is 1. The number of rotatable bonds is 3. The van der Waals surface area contributed by atoms with Crippen molar-refractivity contribution < 1.29 is 34.1 Å². The van der Waals surface area contributed by atoms with Crippen LogP contribution in [-0.4, -0.2) is 44.6 Å². The summed E-state index contributed by atoms with van der Waals surface area (Å²) in [7, 11) is 0. The van der Waals surface area contributed by atoms with Gasteiger partial charge in [-0.05, 0) is 41.5 Å². The first-order valence-electron chi connectivity index (χ1n) is 7.35. The van der Waals surface area contributed by atoms with Gasteiger partial charge >= 0.3 is 18.2 Å². The van der Waals surface area contributed by atoms with Crippen LogP contribution in [0.2, 0.25) is 0 Å². The van der Waals surface area contributed by atoms with Crippen LogP contribution in [0, 0.1) is 0 Å². The molecule has 0 aliphatic rings. The van der Waals surface area contributed by atoms with Crippen LogP contribution in [0.4, 0.5) is 14.7 Å². The molecule has 0 spiro atoms. The van der Waals surface area contributed by atoms with Crippen molar-refractivity contribution in [3.63, 3.8) is 0 Å². The smallest absolute Gasteiger partial charge is 0.426 e. The first-order valence-corrected chi connectivity index (χ1v) is 8.17. The Kier molecular flexibility index (Phi) is 6.14. The lowest BCUT2D eigenvalue weighted by molar-refractivity contribution is 0.0429. The maximum absolute atomic E-state index is 12.4. The van der Waals surface area contributed by atoms with Crippen molar-refractivity contribution in [2.45, 2.75) is 59.4 Å². The quantitative estimate of drug-likeness (QED) is 0.827. The summed E-state index contributed by atoms with van der Waals surface area (Å²) in [6, 6.07) is 0. The van der Waals surface area contributed by atoms with Crippen molar-refractivity contribution in [2.24, 2.45) is 0 Å². The van der Waals surface area contributed by atoms with E-state index in [1.165, 1.54) is 0 Å². The minimum absolute atomic E-state index is 0.162. The molecule has 0 saturated heterocycles. The molecule has 2 amide bonds. The van der Waals surface area contributed by atoms with Gasteiger partial charge in [-0.25, -0.2) is 19.4 Å². The van der Waals surface area contributed by atoms with Gasteiger partial charge in [-0.1, -0.05) is 11.3 Å². The van der Waals surface area contributed by atoms with Crippen molar-refractivity contribution in [1.82, 2.24) is 4.98 Å². The standard InChI is InChI=1S/C15H22N2O7S/c1-14(2,3)23-12(21)17(13(22)24-15(4,5)6)11-16-8(7-18)9(25-11)10(19)20/h18H,7H2,1-6H3,(H,19,20). The Balaban J connectivity index is 3.33. The summed E-state index contributed by atoms with van der Waals surface area (Å²) in [5.41, 5.74) is -1.96. The highest BCUT2D eigenvalue weighted by Gasteiger charge is 2.36. The molecule has 0 aromatic carbocycles. The molecule has 0 unspecified atom stereocenters. The topological polar surface area (TPSA) is 126 Å². The zero-order valence-corrected chi connectivity index (χ0v) is 15.8. The van der Waals surface area contributed by atoms with Gasteiger partial charge in [-0.3, -0.25) is 0 Å². The van der Waals surface area contributed by atoms with E-state index < -0.39 is 36.0 Å². The molecule has 10 heteroatoms. The second-order valence-electron chi connectivity index (χ2n) is 7.03. The van der Waals surface area contributed by atoms with Gasteiger partial charge in [0.25, 0.3) is 0 Å². The van der Waals surface area contributed by atoms with Crippen LogP contribution in [0.1, 0.15) is 56.9 Å². The molecule has 0 saturated carbocycles. The number of amides is 2. The number of hydrogen-bond donors (Lipinski definition) is 2. The molecule has 2 N–H and O–H groups in total. The Morgan fingerprint density at radius 3 is 1.76 bits per heavy atom. The minimum atomic E-state index is -1.33. The van der Waals surface area contributed by atoms with Crippen molar-refractivity contribution in [1.29, 1.82) is 0 Å². The van der Waals surface area contributed by atoms with E-state index in [4.69, 9.17) is 14.6 Å². The molecule has 1 aromatic heterocycles. The van der Waals surface area contributed by atoms with Crippen molar-refractivity contribution in [2.75, 3.05) is 4.90 Å². The normalized spacial score (nSPS) is 11.8. The van der Waals surface area contributed by atoms with Crippen LogP contribution in [0.25, 0.3) is 0 Å². The molecule has 0 aliphatic heterocycles. The first-order chi connectivity index (χ1) is 11.2. The molecule has 0 bridgehead atoms. The second kappa shape index (κ2) is 7.36. The summed E-state index contributed by atoms with van der Waals surface area (Å²) < 4.78 is 10.4. The maximum Gasteiger partial charge on any atom is 0.426 e.